The van der Waals surface area contributed by atoms with E-state index in [9.17, 15) is 9.59 Å². The molecule has 0 aliphatic heterocycles. The Labute approximate surface area is 147 Å². The van der Waals surface area contributed by atoms with Crippen LogP contribution in [0.15, 0.2) is 24.3 Å². The Kier molecular flexibility index (Phi) is 11.3. The molecule has 0 spiro atoms. The molecule has 1 aliphatic rings. The van der Waals surface area contributed by atoms with Crippen LogP contribution in [0.4, 0.5) is 0 Å². The van der Waals surface area contributed by atoms with Gasteiger partial charge in [0, 0.05) is 0 Å². The van der Waals surface area contributed by atoms with Gasteiger partial charge in [0.25, 0.3) is 0 Å². The van der Waals surface area contributed by atoms with Crippen LogP contribution in [0.2, 0.25) is 0 Å². The first-order chi connectivity index (χ1) is 3.79. The second kappa shape index (κ2) is 7.73. The van der Waals surface area contributed by atoms with Crippen molar-refractivity contribution in [3.8, 4) is 0 Å². The quantitative estimate of drug-likeness (QED) is 0.281. The zero-order valence-corrected chi connectivity index (χ0v) is 12.4. The molecule has 1 aliphatic carbocycles. The van der Waals surface area contributed by atoms with Gasteiger partial charge in [-0.3, -0.25) is 9.59 Å². The number of hydrogen-bond acceptors (Lipinski definition) is 2. The average molecular weight is 188 g/mol. The third-order valence-corrected chi connectivity index (χ3v) is 0.824. The Morgan fingerprint density at radius 1 is 0.800 bits per heavy atom. The fraction of sp³-hybridized carbons (Fsp3) is 0. The van der Waals surface area contributed by atoms with E-state index in [1.54, 1.807) is 0 Å². The van der Waals surface area contributed by atoms with Crippen molar-refractivity contribution in [3.63, 3.8) is 0 Å². The Morgan fingerprint density at radius 3 is 1.20 bits per heavy atom. The summed E-state index contributed by atoms with van der Waals surface area (Å²) < 4.78 is 0. The van der Waals surface area contributed by atoms with Gasteiger partial charge in [0.15, 0.2) is 11.6 Å². The largest absolute Gasteiger partial charge is 1.00 e. The molecule has 0 aromatic heterocycles. The van der Waals surface area contributed by atoms with Gasteiger partial charge in [0.05, 0.1) is 0 Å². The van der Waals surface area contributed by atoms with Gasteiger partial charge < -0.3 is 2.85 Å². The van der Waals surface area contributed by atoms with E-state index in [0.717, 1.165) is 0 Å². The third-order valence-electron chi connectivity index (χ3n) is 0.824. The van der Waals surface area contributed by atoms with Crippen LogP contribution in [0.1, 0.15) is 2.85 Å². The number of rotatable bonds is 0. The van der Waals surface area contributed by atoms with Gasteiger partial charge in [0.2, 0.25) is 0 Å². The Morgan fingerprint density at radius 2 is 1.00 bits per heavy atom. The van der Waals surface area contributed by atoms with Gasteiger partial charge in [-0.1, -0.05) is 0 Å². The summed E-state index contributed by atoms with van der Waals surface area (Å²) in [6.07, 6.45) is 5.01. The predicted octanol–water partition coefficient (Wildman–Crippen LogP) is -5.52. The average Bonchev–Trinajstić information content (AvgIpc) is 1.77. The summed E-state index contributed by atoms with van der Waals surface area (Å²) in [6.45, 7) is 0. The van der Waals surface area contributed by atoms with E-state index in [0.29, 0.717) is 0 Å². The van der Waals surface area contributed by atoms with E-state index in [4.69, 9.17) is 0 Å². The molecule has 2 nitrogen and oxygen atoms in total. The molecule has 44 valence electrons. The van der Waals surface area contributed by atoms with Crippen molar-refractivity contribution < 1.29 is 115 Å². The molecule has 0 radical (unpaired) electrons. The van der Waals surface area contributed by atoms with E-state index in [1.807, 2.05) is 0 Å². The van der Waals surface area contributed by atoms with Crippen LogP contribution in [0.25, 0.3) is 0 Å². The van der Waals surface area contributed by atoms with Crippen LogP contribution >= 0.6 is 0 Å². The summed E-state index contributed by atoms with van der Waals surface area (Å²) in [5.74, 6) is -0.241. The zero-order chi connectivity index (χ0) is 5.98. The Balaban J connectivity index is -0.0000000800. The van der Waals surface area contributed by atoms with Crippen LogP contribution in [-0.4, -0.2) is 11.6 Å². The minimum atomic E-state index is -0.121. The van der Waals surface area contributed by atoms with Crippen molar-refractivity contribution >= 4 is 11.6 Å². The monoisotopic (exact) mass is 188 g/mol. The molecule has 0 atom stereocenters. The molecule has 0 aromatic rings. The van der Waals surface area contributed by atoms with Crippen molar-refractivity contribution in [3.05, 3.63) is 24.3 Å². The first-order valence-corrected chi connectivity index (χ1v) is 2.23. The smallest absolute Gasteiger partial charge is 1.00 e. The second-order valence-electron chi connectivity index (χ2n) is 1.47. The van der Waals surface area contributed by atoms with Crippen molar-refractivity contribution in [2.75, 3.05) is 0 Å². The van der Waals surface area contributed by atoms with E-state index in [2.05, 4.69) is 0 Å². The molecule has 4 heteroatoms. The maximum atomic E-state index is 10.3. The molecule has 0 bridgehead atoms. The molecule has 0 aromatic carbocycles. The van der Waals surface area contributed by atoms with Crippen molar-refractivity contribution in [2.45, 2.75) is 0 Å². The van der Waals surface area contributed by atoms with Gasteiger partial charge in [0.1, 0.15) is 0 Å². The van der Waals surface area contributed by atoms with Crippen LogP contribution in [0.5, 0.6) is 0 Å². The number of hydrogen-bond donors (Lipinski definition) is 0. The summed E-state index contributed by atoms with van der Waals surface area (Å²) in [5.41, 5.74) is 0. The molecule has 0 heterocycles. The summed E-state index contributed by atoms with van der Waals surface area (Å²) in [5, 5.41) is 0. The first kappa shape index (κ1) is 14.6. The van der Waals surface area contributed by atoms with Crippen molar-refractivity contribution in [1.82, 2.24) is 0 Å². The summed E-state index contributed by atoms with van der Waals surface area (Å²) >= 11 is 0. The number of carbonyl (C=O) groups excluding carboxylic acids is 2. The first-order valence-electron chi connectivity index (χ1n) is 2.23. The maximum Gasteiger partial charge on any atom is 1.00 e. The van der Waals surface area contributed by atoms with Gasteiger partial charge in [-0.05, 0) is 24.3 Å². The van der Waals surface area contributed by atoms with Gasteiger partial charge in [-0.2, -0.15) is 0 Å². The van der Waals surface area contributed by atoms with Gasteiger partial charge >= 0.3 is 103 Å². The van der Waals surface area contributed by atoms with Crippen LogP contribution < -0.4 is 103 Å². The molecule has 0 N–H and O–H groups in total. The minimum absolute atomic E-state index is 0. The van der Waals surface area contributed by atoms with E-state index >= 15 is 0 Å². The van der Waals surface area contributed by atoms with Gasteiger partial charge in [-0.25, -0.2) is 0 Å². The van der Waals surface area contributed by atoms with Crippen LogP contribution in [0, 0.1) is 0 Å². The number of carbonyl (C=O) groups is 2. The van der Waals surface area contributed by atoms with Gasteiger partial charge in [-0.15, -0.1) is 0 Å². The Bertz CT molecular complexity index is 164. The Hall–Kier alpha value is 2.09. The van der Waals surface area contributed by atoms with Crippen molar-refractivity contribution in [2.24, 2.45) is 0 Å². The summed E-state index contributed by atoms with van der Waals surface area (Å²) in [6, 6.07) is 0. The predicted molar refractivity (Wildman–Crippen MR) is 30.5 cm³/mol. The molecule has 0 saturated carbocycles. The number of allylic oxidation sites excluding steroid dienone is 4. The van der Waals surface area contributed by atoms with Crippen molar-refractivity contribution in [1.29, 1.82) is 0 Å². The zero-order valence-electron chi connectivity index (χ0n) is 8.13. The van der Waals surface area contributed by atoms with Crippen LogP contribution in [-0.2, 0) is 9.59 Å². The van der Waals surface area contributed by atoms with E-state index in [-0.39, 0.29) is 117 Å². The summed E-state index contributed by atoms with van der Waals surface area (Å²) in [4.78, 5) is 20.6. The SMILES string of the molecule is O=C1C=CC(=O)C=C1.[H-].[H-].[K+].[K+]. The molecule has 0 unspecified atom stereocenters. The molecule has 1 rings (SSSR count). The normalized spacial score (nSPS) is 14.0. The minimum Gasteiger partial charge on any atom is -1.00 e. The summed E-state index contributed by atoms with van der Waals surface area (Å²) in [7, 11) is 0. The molecule has 10 heavy (non-hydrogen) atoms. The standard InChI is InChI=1S/C6H4O2.2K.2H/c7-5-1-2-6(8)4-3-5;;;;/h1-4H;;;;/q;2*+1;2*-1. The fourth-order valence-corrected chi connectivity index (χ4v) is 0.440. The fourth-order valence-electron chi connectivity index (χ4n) is 0.440. The topological polar surface area (TPSA) is 34.1 Å². The molecular formula is C6H6K2O2. The van der Waals surface area contributed by atoms with Crippen LogP contribution in [0.3, 0.4) is 0 Å². The molecule has 0 saturated heterocycles. The van der Waals surface area contributed by atoms with E-state index < -0.39 is 0 Å². The molecular weight excluding hydrogens is 182 g/mol. The molecule has 0 fully saturated rings. The molecule has 0 amide bonds. The number of ketones is 2. The maximum absolute atomic E-state index is 10.3. The van der Waals surface area contributed by atoms with E-state index in [1.165, 1.54) is 24.3 Å². The third kappa shape index (κ3) is 5.71. The second-order valence-corrected chi connectivity index (χ2v) is 1.47.